The first-order chi connectivity index (χ1) is 9.06. The number of aryl methyl sites for hydroxylation is 1. The van der Waals surface area contributed by atoms with Gasteiger partial charge in [-0.2, -0.15) is 0 Å². The summed E-state index contributed by atoms with van der Waals surface area (Å²) in [5.41, 5.74) is 3.59. The van der Waals surface area contributed by atoms with Gasteiger partial charge >= 0.3 is 0 Å². The second-order valence-electron chi connectivity index (χ2n) is 4.25. The second-order valence-corrected chi connectivity index (χ2v) is 5.53. The van der Waals surface area contributed by atoms with Crippen LogP contribution in [0.5, 0.6) is 0 Å². The molecule has 0 spiro atoms. The minimum Gasteiger partial charge on any atom is -0.297 e. The Kier molecular flexibility index (Phi) is 3.17. The molecule has 0 aliphatic heterocycles. The van der Waals surface area contributed by atoms with Gasteiger partial charge in [-0.25, -0.2) is 4.98 Å². The molecular formula is C14H9Cl3N2. The smallest absolute Gasteiger partial charge is 0.156 e. The van der Waals surface area contributed by atoms with E-state index in [2.05, 4.69) is 4.98 Å². The van der Waals surface area contributed by atoms with Crippen LogP contribution in [0.2, 0.25) is 15.1 Å². The highest BCUT2D eigenvalue weighted by molar-refractivity contribution is 6.36. The zero-order valence-corrected chi connectivity index (χ0v) is 12.3. The average molecular weight is 312 g/mol. The van der Waals surface area contributed by atoms with Gasteiger partial charge in [0, 0.05) is 16.8 Å². The number of rotatable bonds is 1. The number of hydrogen-bond acceptors (Lipinski definition) is 1. The summed E-state index contributed by atoms with van der Waals surface area (Å²) < 4.78 is 1.91. The second kappa shape index (κ2) is 4.71. The molecule has 2 heterocycles. The molecule has 5 heteroatoms. The van der Waals surface area contributed by atoms with Crippen molar-refractivity contribution in [2.45, 2.75) is 6.92 Å². The molecule has 3 aromatic rings. The normalized spacial score (nSPS) is 11.2. The Balaban J connectivity index is 2.34. The Morgan fingerprint density at radius 2 is 1.68 bits per heavy atom. The van der Waals surface area contributed by atoms with Crippen LogP contribution in [-0.4, -0.2) is 9.38 Å². The number of aromatic nitrogens is 2. The Bertz CT molecular complexity index is 760. The van der Waals surface area contributed by atoms with E-state index in [1.807, 2.05) is 41.8 Å². The van der Waals surface area contributed by atoms with Gasteiger partial charge < -0.3 is 0 Å². The van der Waals surface area contributed by atoms with Gasteiger partial charge in [-0.15, -0.1) is 0 Å². The fourth-order valence-corrected chi connectivity index (χ4v) is 2.78. The largest absolute Gasteiger partial charge is 0.297 e. The van der Waals surface area contributed by atoms with E-state index >= 15 is 0 Å². The van der Waals surface area contributed by atoms with Crippen molar-refractivity contribution in [2.75, 3.05) is 0 Å². The van der Waals surface area contributed by atoms with Crippen LogP contribution in [0.15, 0.2) is 36.5 Å². The number of halogens is 3. The van der Waals surface area contributed by atoms with Crippen molar-refractivity contribution in [3.05, 3.63) is 57.3 Å². The van der Waals surface area contributed by atoms with Gasteiger partial charge in [-0.1, -0.05) is 46.9 Å². The minimum atomic E-state index is 0.538. The van der Waals surface area contributed by atoms with Crippen LogP contribution < -0.4 is 0 Å². The lowest BCUT2D eigenvalue weighted by molar-refractivity contribution is 1.19. The van der Waals surface area contributed by atoms with Gasteiger partial charge in [0.2, 0.25) is 0 Å². The highest BCUT2D eigenvalue weighted by atomic mass is 35.5. The Morgan fingerprint density at radius 1 is 1.00 bits per heavy atom. The maximum Gasteiger partial charge on any atom is 0.156 e. The molecule has 0 bridgehead atoms. The van der Waals surface area contributed by atoms with E-state index in [9.17, 15) is 0 Å². The zero-order valence-electron chi connectivity index (χ0n) is 9.99. The predicted molar refractivity (Wildman–Crippen MR) is 80.4 cm³/mol. The Hall–Kier alpha value is -1.22. The summed E-state index contributed by atoms with van der Waals surface area (Å²) in [6.45, 7) is 1.95. The number of pyridine rings is 1. The lowest BCUT2D eigenvalue weighted by Gasteiger charge is -2.05. The van der Waals surface area contributed by atoms with E-state index < -0.39 is 0 Å². The number of fused-ring (bicyclic) bond motifs is 1. The summed E-state index contributed by atoms with van der Waals surface area (Å²) in [6, 6.07) is 9.29. The van der Waals surface area contributed by atoms with Gasteiger partial charge in [0.05, 0.1) is 21.4 Å². The molecule has 96 valence electrons. The van der Waals surface area contributed by atoms with Crippen molar-refractivity contribution < 1.29 is 0 Å². The highest BCUT2D eigenvalue weighted by Gasteiger charge is 2.13. The third-order valence-electron chi connectivity index (χ3n) is 2.93. The van der Waals surface area contributed by atoms with Crippen LogP contribution in [0.1, 0.15) is 5.69 Å². The fourth-order valence-electron chi connectivity index (χ4n) is 2.14. The lowest BCUT2D eigenvalue weighted by Crippen LogP contribution is -1.90. The van der Waals surface area contributed by atoms with E-state index in [0.717, 1.165) is 17.0 Å². The molecule has 0 N–H and O–H groups in total. The number of nitrogens with zero attached hydrogens (tertiary/aromatic N) is 2. The molecule has 0 aliphatic rings. The molecule has 0 unspecified atom stereocenters. The highest BCUT2D eigenvalue weighted by Crippen LogP contribution is 2.30. The van der Waals surface area contributed by atoms with E-state index in [-0.39, 0.29) is 0 Å². The summed E-state index contributed by atoms with van der Waals surface area (Å²) >= 11 is 18.2. The van der Waals surface area contributed by atoms with Crippen LogP contribution in [0, 0.1) is 6.92 Å². The summed E-state index contributed by atoms with van der Waals surface area (Å²) in [6.07, 6.45) is 1.81. The van der Waals surface area contributed by atoms with Gasteiger partial charge in [0.1, 0.15) is 0 Å². The maximum absolute atomic E-state index is 6.17. The van der Waals surface area contributed by atoms with Crippen molar-refractivity contribution in [2.24, 2.45) is 0 Å². The molecule has 0 fully saturated rings. The molecule has 0 atom stereocenters. The van der Waals surface area contributed by atoms with E-state index in [1.54, 1.807) is 6.07 Å². The molecule has 0 radical (unpaired) electrons. The molecule has 2 aromatic heterocycles. The molecule has 2 nitrogen and oxygen atoms in total. The molecule has 0 saturated heterocycles. The minimum absolute atomic E-state index is 0.538. The third kappa shape index (κ3) is 2.20. The van der Waals surface area contributed by atoms with Crippen molar-refractivity contribution >= 4 is 40.4 Å². The molecular weight excluding hydrogens is 303 g/mol. The summed E-state index contributed by atoms with van der Waals surface area (Å²) in [5, 5.41) is 1.81. The van der Waals surface area contributed by atoms with E-state index in [1.165, 1.54) is 0 Å². The Morgan fingerprint density at radius 3 is 2.37 bits per heavy atom. The number of hydrogen-bond donors (Lipinski definition) is 0. The van der Waals surface area contributed by atoms with Crippen LogP contribution in [0.3, 0.4) is 0 Å². The van der Waals surface area contributed by atoms with Gasteiger partial charge in [0.25, 0.3) is 0 Å². The SMILES string of the molecule is Cc1nc2c(Cl)cc(Cl)cn2c1-c1ccc(Cl)cc1. The van der Waals surface area contributed by atoms with Gasteiger partial charge in [-0.3, -0.25) is 4.40 Å². The molecule has 1 aromatic carbocycles. The van der Waals surface area contributed by atoms with Crippen molar-refractivity contribution in [3.8, 4) is 11.3 Å². The lowest BCUT2D eigenvalue weighted by atomic mass is 10.1. The first-order valence-corrected chi connectivity index (χ1v) is 6.79. The first-order valence-electron chi connectivity index (χ1n) is 5.66. The van der Waals surface area contributed by atoms with Crippen LogP contribution >= 0.6 is 34.8 Å². The van der Waals surface area contributed by atoms with Crippen LogP contribution in [0.25, 0.3) is 16.9 Å². The van der Waals surface area contributed by atoms with Gasteiger partial charge in [0.15, 0.2) is 5.65 Å². The fraction of sp³-hybridized carbons (Fsp3) is 0.0714. The van der Waals surface area contributed by atoms with Crippen molar-refractivity contribution in [1.82, 2.24) is 9.38 Å². The monoisotopic (exact) mass is 310 g/mol. The van der Waals surface area contributed by atoms with Gasteiger partial charge in [-0.05, 0) is 25.1 Å². The Labute approximate surface area is 125 Å². The molecule has 0 saturated carbocycles. The van der Waals surface area contributed by atoms with Crippen LogP contribution in [-0.2, 0) is 0 Å². The molecule has 0 aliphatic carbocycles. The van der Waals surface area contributed by atoms with E-state index in [0.29, 0.717) is 20.7 Å². The summed E-state index contributed by atoms with van der Waals surface area (Å²) in [4.78, 5) is 4.49. The molecule has 19 heavy (non-hydrogen) atoms. The zero-order chi connectivity index (χ0) is 13.6. The molecule has 3 rings (SSSR count). The van der Waals surface area contributed by atoms with Crippen LogP contribution in [0.4, 0.5) is 0 Å². The predicted octanol–water partition coefficient (Wildman–Crippen LogP) is 5.27. The number of benzene rings is 1. The standard InChI is InChI=1S/C14H9Cl3N2/c1-8-13(9-2-4-10(15)5-3-9)19-7-11(16)6-12(17)14(19)18-8/h2-7H,1H3. The first kappa shape index (κ1) is 12.8. The third-order valence-corrected chi connectivity index (χ3v) is 3.67. The van der Waals surface area contributed by atoms with Crippen molar-refractivity contribution in [1.29, 1.82) is 0 Å². The topological polar surface area (TPSA) is 17.3 Å². The van der Waals surface area contributed by atoms with E-state index in [4.69, 9.17) is 34.8 Å². The maximum atomic E-state index is 6.17. The van der Waals surface area contributed by atoms with Crippen molar-refractivity contribution in [3.63, 3.8) is 0 Å². The molecule has 0 amide bonds. The summed E-state index contributed by atoms with van der Waals surface area (Å²) in [5.74, 6) is 0. The quantitative estimate of drug-likeness (QED) is 0.598. The summed E-state index contributed by atoms with van der Waals surface area (Å²) in [7, 11) is 0. The number of imidazole rings is 1. The average Bonchev–Trinajstić information content (AvgIpc) is 2.67.